The standard InChI is InChI=1S/C15H28O3S/c1-2-3-4-5-6-7-8-9-10-15(17)18-12-14-19-13-11-16/h9-10,16H,2-8,11-14H2,1H3. The maximum Gasteiger partial charge on any atom is 0.330 e. The van der Waals surface area contributed by atoms with E-state index in [-0.39, 0.29) is 12.6 Å². The molecule has 0 aromatic carbocycles. The molecular formula is C15H28O3S. The Morgan fingerprint density at radius 2 is 1.89 bits per heavy atom. The van der Waals surface area contributed by atoms with Crippen LogP contribution in [0.3, 0.4) is 0 Å². The van der Waals surface area contributed by atoms with E-state index < -0.39 is 0 Å². The second-order valence-corrected chi connectivity index (χ2v) is 5.69. The first kappa shape index (κ1) is 18.5. The van der Waals surface area contributed by atoms with Gasteiger partial charge in [0.2, 0.25) is 0 Å². The zero-order valence-electron chi connectivity index (χ0n) is 12.1. The van der Waals surface area contributed by atoms with Crippen molar-refractivity contribution >= 4 is 17.7 Å². The van der Waals surface area contributed by atoms with Crippen LogP contribution in [0.2, 0.25) is 0 Å². The molecule has 0 aliphatic carbocycles. The summed E-state index contributed by atoms with van der Waals surface area (Å²) in [6.45, 7) is 2.82. The second-order valence-electron chi connectivity index (χ2n) is 4.46. The molecule has 0 heterocycles. The average molecular weight is 288 g/mol. The maximum absolute atomic E-state index is 11.3. The van der Waals surface area contributed by atoms with Crippen molar-refractivity contribution in [3.05, 3.63) is 12.2 Å². The lowest BCUT2D eigenvalue weighted by Gasteiger charge is -2.01. The minimum atomic E-state index is -0.254. The average Bonchev–Trinajstić information content (AvgIpc) is 2.41. The normalized spacial score (nSPS) is 11.1. The zero-order chi connectivity index (χ0) is 14.2. The van der Waals surface area contributed by atoms with Crippen LogP contribution < -0.4 is 0 Å². The Balaban J connectivity index is 3.27. The Labute approximate surface area is 121 Å². The molecule has 0 saturated heterocycles. The van der Waals surface area contributed by atoms with Crippen molar-refractivity contribution < 1.29 is 14.6 Å². The second kappa shape index (κ2) is 15.6. The van der Waals surface area contributed by atoms with Crippen LogP contribution in [0.1, 0.15) is 51.9 Å². The minimum Gasteiger partial charge on any atom is -0.462 e. The summed E-state index contributed by atoms with van der Waals surface area (Å²) < 4.78 is 5.02. The lowest BCUT2D eigenvalue weighted by Crippen LogP contribution is -2.04. The lowest BCUT2D eigenvalue weighted by atomic mass is 10.1. The molecule has 0 aliphatic heterocycles. The van der Waals surface area contributed by atoms with Crippen molar-refractivity contribution in [2.24, 2.45) is 0 Å². The number of hydrogen-bond acceptors (Lipinski definition) is 4. The Bertz CT molecular complexity index is 229. The summed E-state index contributed by atoms with van der Waals surface area (Å²) in [5.74, 6) is 1.19. The van der Waals surface area contributed by atoms with E-state index in [0.717, 1.165) is 18.6 Å². The molecule has 0 atom stereocenters. The predicted molar refractivity (Wildman–Crippen MR) is 82.5 cm³/mol. The molecule has 0 bridgehead atoms. The van der Waals surface area contributed by atoms with E-state index in [2.05, 4.69) is 6.92 Å². The summed E-state index contributed by atoms with van der Waals surface area (Å²) >= 11 is 1.59. The zero-order valence-corrected chi connectivity index (χ0v) is 12.9. The molecule has 0 unspecified atom stereocenters. The Morgan fingerprint density at radius 1 is 1.16 bits per heavy atom. The number of allylic oxidation sites excluding steroid dienone is 1. The van der Waals surface area contributed by atoms with E-state index >= 15 is 0 Å². The van der Waals surface area contributed by atoms with E-state index in [1.807, 2.05) is 6.08 Å². The van der Waals surface area contributed by atoms with Crippen molar-refractivity contribution in [1.82, 2.24) is 0 Å². The molecule has 0 fully saturated rings. The van der Waals surface area contributed by atoms with Crippen molar-refractivity contribution in [3.63, 3.8) is 0 Å². The summed E-state index contributed by atoms with van der Waals surface area (Å²) in [4.78, 5) is 11.3. The van der Waals surface area contributed by atoms with Crippen LogP contribution >= 0.6 is 11.8 Å². The molecule has 0 rings (SSSR count). The van der Waals surface area contributed by atoms with Crippen molar-refractivity contribution in [2.75, 3.05) is 24.7 Å². The van der Waals surface area contributed by atoms with Crippen LogP contribution in [0, 0.1) is 0 Å². The quantitative estimate of drug-likeness (QED) is 0.320. The molecule has 3 nitrogen and oxygen atoms in total. The number of thioether (sulfide) groups is 1. The van der Waals surface area contributed by atoms with Crippen molar-refractivity contribution in [3.8, 4) is 0 Å². The molecule has 0 aromatic rings. The fraction of sp³-hybridized carbons (Fsp3) is 0.800. The van der Waals surface area contributed by atoms with Gasteiger partial charge in [0.05, 0.1) is 6.61 Å². The van der Waals surface area contributed by atoms with Crippen LogP contribution in [0.25, 0.3) is 0 Å². The largest absolute Gasteiger partial charge is 0.462 e. The molecular weight excluding hydrogens is 260 g/mol. The predicted octanol–water partition coefficient (Wildman–Crippen LogP) is 3.56. The van der Waals surface area contributed by atoms with Crippen molar-refractivity contribution in [2.45, 2.75) is 51.9 Å². The highest BCUT2D eigenvalue weighted by Crippen LogP contribution is 2.07. The highest BCUT2D eigenvalue weighted by atomic mass is 32.2. The molecule has 4 heteroatoms. The Hall–Kier alpha value is -0.480. The number of esters is 1. The highest BCUT2D eigenvalue weighted by Gasteiger charge is 1.96. The molecule has 0 radical (unpaired) electrons. The third-order valence-electron chi connectivity index (χ3n) is 2.69. The van der Waals surface area contributed by atoms with Gasteiger partial charge in [-0.15, -0.1) is 0 Å². The summed E-state index contributed by atoms with van der Waals surface area (Å²) in [5, 5.41) is 8.57. The van der Waals surface area contributed by atoms with Crippen LogP contribution in [0.4, 0.5) is 0 Å². The van der Waals surface area contributed by atoms with Gasteiger partial charge in [-0.2, -0.15) is 11.8 Å². The van der Waals surface area contributed by atoms with Gasteiger partial charge in [-0.05, 0) is 12.8 Å². The highest BCUT2D eigenvalue weighted by molar-refractivity contribution is 7.99. The van der Waals surface area contributed by atoms with Gasteiger partial charge in [-0.3, -0.25) is 0 Å². The van der Waals surface area contributed by atoms with Gasteiger partial charge < -0.3 is 9.84 Å². The number of hydrogen-bond donors (Lipinski definition) is 1. The van der Waals surface area contributed by atoms with Gasteiger partial charge in [0, 0.05) is 17.6 Å². The first-order chi connectivity index (χ1) is 9.31. The first-order valence-electron chi connectivity index (χ1n) is 7.33. The van der Waals surface area contributed by atoms with Gasteiger partial charge in [0.25, 0.3) is 0 Å². The van der Waals surface area contributed by atoms with Gasteiger partial charge >= 0.3 is 5.97 Å². The molecule has 0 aromatic heterocycles. The Morgan fingerprint density at radius 3 is 2.63 bits per heavy atom. The molecule has 0 saturated carbocycles. The summed E-state index contributed by atoms with van der Waals surface area (Å²) in [6.07, 6.45) is 12.0. The monoisotopic (exact) mass is 288 g/mol. The molecule has 0 amide bonds. The molecule has 112 valence electrons. The smallest absolute Gasteiger partial charge is 0.330 e. The summed E-state index contributed by atoms with van der Waals surface area (Å²) in [7, 11) is 0. The number of aliphatic hydroxyl groups is 1. The fourth-order valence-corrected chi connectivity index (χ4v) is 2.17. The molecule has 0 spiro atoms. The Kier molecular flexibility index (Phi) is 15.2. The van der Waals surface area contributed by atoms with Crippen LogP contribution in [-0.2, 0) is 9.53 Å². The SMILES string of the molecule is CCCCCCCCC=CC(=O)OCCSCCO. The van der Waals surface area contributed by atoms with E-state index in [1.54, 1.807) is 11.8 Å². The van der Waals surface area contributed by atoms with E-state index in [4.69, 9.17) is 9.84 Å². The van der Waals surface area contributed by atoms with E-state index in [0.29, 0.717) is 12.4 Å². The number of rotatable bonds is 13. The lowest BCUT2D eigenvalue weighted by molar-refractivity contribution is -0.137. The first-order valence-corrected chi connectivity index (χ1v) is 8.48. The topological polar surface area (TPSA) is 46.5 Å². The van der Waals surface area contributed by atoms with Crippen LogP contribution in [0.5, 0.6) is 0 Å². The molecule has 1 N–H and O–H groups in total. The third-order valence-corrected chi connectivity index (χ3v) is 3.61. The van der Waals surface area contributed by atoms with Crippen LogP contribution in [-0.4, -0.2) is 35.8 Å². The number of carbonyl (C=O) groups is 1. The van der Waals surface area contributed by atoms with E-state index in [1.165, 1.54) is 38.2 Å². The maximum atomic E-state index is 11.3. The minimum absolute atomic E-state index is 0.177. The number of aliphatic hydroxyl groups excluding tert-OH is 1. The van der Waals surface area contributed by atoms with Gasteiger partial charge in [-0.25, -0.2) is 4.79 Å². The number of ether oxygens (including phenoxy) is 1. The van der Waals surface area contributed by atoms with Gasteiger partial charge in [-0.1, -0.05) is 45.1 Å². The third kappa shape index (κ3) is 15.5. The van der Waals surface area contributed by atoms with Gasteiger partial charge in [0.1, 0.15) is 6.61 Å². The summed E-state index contributed by atoms with van der Waals surface area (Å²) in [5.41, 5.74) is 0. The number of unbranched alkanes of at least 4 members (excludes halogenated alkanes) is 6. The fourth-order valence-electron chi connectivity index (χ4n) is 1.64. The number of carbonyl (C=O) groups excluding carboxylic acids is 1. The molecule has 19 heavy (non-hydrogen) atoms. The van der Waals surface area contributed by atoms with Crippen LogP contribution in [0.15, 0.2) is 12.2 Å². The van der Waals surface area contributed by atoms with E-state index in [9.17, 15) is 4.79 Å². The van der Waals surface area contributed by atoms with Gasteiger partial charge in [0.15, 0.2) is 0 Å². The molecule has 0 aliphatic rings. The van der Waals surface area contributed by atoms with Crippen molar-refractivity contribution in [1.29, 1.82) is 0 Å². The summed E-state index contributed by atoms with van der Waals surface area (Å²) in [6, 6.07) is 0.